The van der Waals surface area contributed by atoms with Crippen LogP contribution >= 0.6 is 0 Å². The van der Waals surface area contributed by atoms with Crippen LogP contribution in [0.15, 0.2) is 60.2 Å². The third-order valence-corrected chi connectivity index (χ3v) is 5.71. The predicted octanol–water partition coefficient (Wildman–Crippen LogP) is 1.94. The Morgan fingerprint density at radius 3 is 2.23 bits per heavy atom. The molecule has 3 rings (SSSR count). The van der Waals surface area contributed by atoms with Crippen LogP contribution in [-0.4, -0.2) is 52.8 Å². The number of nitrogens with one attached hydrogen (secondary N) is 1. The highest BCUT2D eigenvalue weighted by Crippen LogP contribution is 2.39. The summed E-state index contributed by atoms with van der Waals surface area (Å²) in [5.41, 5.74) is 0.844. The van der Waals surface area contributed by atoms with Gasteiger partial charge in [-0.05, 0) is 31.5 Å². The van der Waals surface area contributed by atoms with Crippen LogP contribution in [0.4, 0.5) is 5.69 Å². The molecule has 0 aliphatic carbocycles. The lowest BCUT2D eigenvalue weighted by atomic mass is 9.95. The quantitative estimate of drug-likeness (QED) is 0.222. The molecule has 0 spiro atoms. The van der Waals surface area contributed by atoms with Gasteiger partial charge in [0.25, 0.3) is 17.4 Å². The number of hydrogen-bond acceptors (Lipinski definition) is 5. The molecule has 1 saturated heterocycles. The van der Waals surface area contributed by atoms with Crippen LogP contribution in [0.25, 0.3) is 5.76 Å². The van der Waals surface area contributed by atoms with Gasteiger partial charge in [0.1, 0.15) is 5.76 Å². The third-order valence-electron chi connectivity index (χ3n) is 5.71. The first-order chi connectivity index (χ1) is 14.9. The van der Waals surface area contributed by atoms with Gasteiger partial charge < -0.3 is 14.9 Å². The molecular formula is C23H26N3O5+. The number of Topliss-reactive ketones (excluding diaryl/α,β-unsaturated/α-hetero) is 1. The lowest BCUT2D eigenvalue weighted by molar-refractivity contribution is -0.895. The van der Waals surface area contributed by atoms with Gasteiger partial charge in [-0.15, -0.1) is 0 Å². The van der Waals surface area contributed by atoms with E-state index in [1.54, 1.807) is 0 Å². The van der Waals surface area contributed by atoms with Crippen molar-refractivity contribution in [2.24, 2.45) is 0 Å². The normalized spacial score (nSPS) is 18.0. The number of carbonyl (C=O) groups is 2. The van der Waals surface area contributed by atoms with Gasteiger partial charge in [-0.3, -0.25) is 19.7 Å². The molecule has 0 aromatic heterocycles. The lowest BCUT2D eigenvalue weighted by Crippen LogP contribution is -3.12. The number of carbonyl (C=O) groups excluding carboxylic acids is 2. The molecule has 0 unspecified atom stereocenters. The zero-order valence-electron chi connectivity index (χ0n) is 17.6. The first-order valence-electron chi connectivity index (χ1n) is 10.3. The Morgan fingerprint density at radius 1 is 1.06 bits per heavy atom. The maximum absolute atomic E-state index is 12.9. The van der Waals surface area contributed by atoms with Crippen LogP contribution in [0.5, 0.6) is 0 Å². The lowest BCUT2D eigenvalue weighted by Gasteiger charge is -2.26. The summed E-state index contributed by atoms with van der Waals surface area (Å²) in [4.78, 5) is 39.0. The molecular weight excluding hydrogens is 398 g/mol. The van der Waals surface area contributed by atoms with Crippen LogP contribution in [0.2, 0.25) is 0 Å². The molecule has 0 radical (unpaired) electrons. The molecule has 1 atom stereocenters. The highest BCUT2D eigenvalue weighted by Gasteiger charge is 2.46. The number of non-ortho nitro benzene ring substituents is 1. The molecule has 2 aromatic rings. The Balaban J connectivity index is 2.06. The summed E-state index contributed by atoms with van der Waals surface area (Å²) < 4.78 is 0. The predicted molar refractivity (Wildman–Crippen MR) is 115 cm³/mol. The molecule has 2 aromatic carbocycles. The van der Waals surface area contributed by atoms with Crippen molar-refractivity contribution >= 4 is 23.1 Å². The fraction of sp³-hybridized carbons (Fsp3) is 0.304. The van der Waals surface area contributed by atoms with Crippen LogP contribution in [0.1, 0.15) is 31.0 Å². The van der Waals surface area contributed by atoms with Crippen molar-refractivity contribution in [1.29, 1.82) is 0 Å². The zero-order chi connectivity index (χ0) is 22.5. The molecule has 1 aliphatic rings. The van der Waals surface area contributed by atoms with E-state index < -0.39 is 22.7 Å². The van der Waals surface area contributed by atoms with Gasteiger partial charge in [0, 0.05) is 17.7 Å². The van der Waals surface area contributed by atoms with E-state index in [9.17, 15) is 24.8 Å². The molecule has 8 nitrogen and oxygen atoms in total. The SMILES string of the molecule is CC[NH+](CC)CCN1C(=O)C(=O)C(=C(O)c2ccc([N+](=O)[O-])cc2)[C@@H]1c1ccccc1. The summed E-state index contributed by atoms with van der Waals surface area (Å²) in [6, 6.07) is 13.7. The Morgan fingerprint density at radius 2 is 1.68 bits per heavy atom. The Hall–Kier alpha value is -3.52. The number of nitro groups is 1. The van der Waals surface area contributed by atoms with Crippen molar-refractivity contribution in [3.05, 3.63) is 81.4 Å². The van der Waals surface area contributed by atoms with Crippen molar-refractivity contribution in [3.8, 4) is 0 Å². The molecule has 0 bridgehead atoms. The molecule has 1 aliphatic heterocycles. The number of hydrogen-bond donors (Lipinski definition) is 2. The number of ketones is 1. The monoisotopic (exact) mass is 424 g/mol. The number of nitro benzene ring substituents is 1. The van der Waals surface area contributed by atoms with Crippen LogP contribution in [-0.2, 0) is 9.59 Å². The average Bonchev–Trinajstić information content (AvgIpc) is 3.05. The van der Waals surface area contributed by atoms with Gasteiger partial charge in [-0.25, -0.2) is 0 Å². The van der Waals surface area contributed by atoms with E-state index in [-0.39, 0.29) is 22.6 Å². The van der Waals surface area contributed by atoms with Gasteiger partial charge in [0.05, 0.1) is 42.7 Å². The molecule has 162 valence electrons. The van der Waals surface area contributed by atoms with Gasteiger partial charge >= 0.3 is 0 Å². The van der Waals surface area contributed by atoms with Gasteiger partial charge in [0.15, 0.2) is 0 Å². The molecule has 8 heteroatoms. The zero-order valence-corrected chi connectivity index (χ0v) is 17.6. The molecule has 31 heavy (non-hydrogen) atoms. The van der Waals surface area contributed by atoms with E-state index in [1.807, 2.05) is 30.3 Å². The van der Waals surface area contributed by atoms with Gasteiger partial charge in [0.2, 0.25) is 0 Å². The fourth-order valence-corrected chi connectivity index (χ4v) is 3.87. The summed E-state index contributed by atoms with van der Waals surface area (Å²) in [7, 11) is 0. The molecule has 1 amide bonds. The number of likely N-dealkylation sites (tertiary alicyclic amines) is 1. The number of likely N-dealkylation sites (N-methyl/N-ethyl adjacent to an activating group) is 1. The Bertz CT molecular complexity index is 998. The number of benzene rings is 2. The van der Waals surface area contributed by atoms with Crippen molar-refractivity contribution in [1.82, 2.24) is 4.90 Å². The molecule has 1 heterocycles. The van der Waals surface area contributed by atoms with Crippen molar-refractivity contribution in [2.45, 2.75) is 19.9 Å². The van der Waals surface area contributed by atoms with Crippen LogP contribution in [0, 0.1) is 10.1 Å². The third kappa shape index (κ3) is 4.49. The minimum atomic E-state index is -0.751. The molecule has 1 fully saturated rings. The average molecular weight is 424 g/mol. The number of quaternary nitrogens is 1. The summed E-state index contributed by atoms with van der Waals surface area (Å²) in [5.74, 6) is -1.73. The number of amides is 1. The second-order valence-electron chi connectivity index (χ2n) is 7.41. The minimum Gasteiger partial charge on any atom is -0.507 e. The highest BCUT2D eigenvalue weighted by atomic mass is 16.6. The summed E-state index contributed by atoms with van der Waals surface area (Å²) in [6.45, 7) is 6.99. The van der Waals surface area contributed by atoms with E-state index in [0.29, 0.717) is 13.1 Å². The van der Waals surface area contributed by atoms with Gasteiger partial charge in [-0.2, -0.15) is 0 Å². The fourth-order valence-electron chi connectivity index (χ4n) is 3.87. The highest BCUT2D eigenvalue weighted by molar-refractivity contribution is 6.46. The van der Waals surface area contributed by atoms with E-state index in [0.717, 1.165) is 18.7 Å². The smallest absolute Gasteiger partial charge is 0.295 e. The Labute approximate surface area is 180 Å². The van der Waals surface area contributed by atoms with E-state index in [4.69, 9.17) is 0 Å². The largest absolute Gasteiger partial charge is 0.507 e. The van der Waals surface area contributed by atoms with E-state index in [2.05, 4.69) is 13.8 Å². The topological polar surface area (TPSA) is 105 Å². The number of rotatable bonds is 8. The van der Waals surface area contributed by atoms with Crippen LogP contribution in [0.3, 0.4) is 0 Å². The van der Waals surface area contributed by atoms with Crippen molar-refractivity contribution in [2.75, 3.05) is 26.2 Å². The van der Waals surface area contributed by atoms with E-state index >= 15 is 0 Å². The second-order valence-corrected chi connectivity index (χ2v) is 7.41. The van der Waals surface area contributed by atoms with Crippen LogP contribution < -0.4 is 4.90 Å². The first kappa shape index (κ1) is 22.2. The Kier molecular flexibility index (Phi) is 6.81. The minimum absolute atomic E-state index is 0.000370. The van der Waals surface area contributed by atoms with Crippen molar-refractivity contribution < 1.29 is 24.5 Å². The van der Waals surface area contributed by atoms with Crippen molar-refractivity contribution in [3.63, 3.8) is 0 Å². The van der Waals surface area contributed by atoms with E-state index in [1.165, 1.54) is 34.1 Å². The number of aliphatic hydroxyl groups excluding tert-OH is 1. The molecule has 2 N–H and O–H groups in total. The standard InChI is InChI=1S/C23H25N3O5/c1-3-24(4-2)14-15-25-20(16-8-6-5-7-9-16)19(22(28)23(25)29)21(27)17-10-12-18(13-11-17)26(30)31/h5-13,20,27H,3-4,14-15H2,1-2H3/p+1/t20-/m0/s1. The first-order valence-corrected chi connectivity index (χ1v) is 10.3. The summed E-state index contributed by atoms with van der Waals surface area (Å²) >= 11 is 0. The van der Waals surface area contributed by atoms with Gasteiger partial charge in [-0.1, -0.05) is 30.3 Å². The maximum Gasteiger partial charge on any atom is 0.295 e. The summed E-state index contributed by atoms with van der Waals surface area (Å²) in [6.07, 6.45) is 0. The maximum atomic E-state index is 12.9. The summed E-state index contributed by atoms with van der Waals surface area (Å²) in [5, 5.41) is 21.9. The number of nitrogens with zero attached hydrogens (tertiary/aromatic N) is 2. The molecule has 0 saturated carbocycles. The number of aliphatic hydroxyl groups is 1. The second kappa shape index (κ2) is 9.53.